The molecule has 0 aliphatic heterocycles. The second-order valence-electron chi connectivity index (χ2n) is 3.27. The molecule has 16 heavy (non-hydrogen) atoms. The van der Waals surface area contributed by atoms with Crippen molar-refractivity contribution in [2.75, 3.05) is 6.61 Å². The van der Waals surface area contributed by atoms with Gasteiger partial charge in [-0.05, 0) is 36.7 Å². The number of aryl methyl sites for hydroxylation is 1. The average molecular weight is 289 g/mol. The molecule has 0 amide bonds. The fourth-order valence-corrected chi connectivity index (χ4v) is 1.60. The van der Waals surface area contributed by atoms with Gasteiger partial charge in [0.1, 0.15) is 6.54 Å². The quantitative estimate of drug-likeness (QED) is 0.784. The minimum absolute atomic E-state index is 0.107. The van der Waals surface area contributed by atoms with Crippen LogP contribution in [0.3, 0.4) is 0 Å². The SMILES string of the molecule is CCOC(=O)Cn1c(C)c(Br)c(C)nc1=O. The lowest BCUT2D eigenvalue weighted by molar-refractivity contribution is -0.143. The Morgan fingerprint density at radius 1 is 1.50 bits per heavy atom. The average Bonchev–Trinajstić information content (AvgIpc) is 2.22. The molecule has 0 spiro atoms. The summed E-state index contributed by atoms with van der Waals surface area (Å²) in [5.74, 6) is -0.440. The number of carbonyl (C=O) groups excluding carboxylic acids is 1. The van der Waals surface area contributed by atoms with Crippen LogP contribution in [0, 0.1) is 13.8 Å². The van der Waals surface area contributed by atoms with Crippen molar-refractivity contribution in [1.82, 2.24) is 9.55 Å². The van der Waals surface area contributed by atoms with Crippen LogP contribution in [0.4, 0.5) is 0 Å². The molecule has 0 aliphatic rings. The minimum Gasteiger partial charge on any atom is -0.465 e. The maximum atomic E-state index is 11.6. The third kappa shape index (κ3) is 2.69. The third-order valence-corrected chi connectivity index (χ3v) is 3.27. The molecular formula is C10H13BrN2O3. The first-order chi connectivity index (χ1) is 7.47. The van der Waals surface area contributed by atoms with Crippen LogP contribution >= 0.6 is 15.9 Å². The van der Waals surface area contributed by atoms with Crippen LogP contribution in [0.15, 0.2) is 9.27 Å². The van der Waals surface area contributed by atoms with E-state index in [2.05, 4.69) is 20.9 Å². The standard InChI is InChI=1S/C10H13BrN2O3/c1-4-16-8(14)5-13-7(3)9(11)6(2)12-10(13)15/h4-5H2,1-3H3. The van der Waals surface area contributed by atoms with E-state index in [1.807, 2.05) is 0 Å². The van der Waals surface area contributed by atoms with Crippen molar-refractivity contribution < 1.29 is 9.53 Å². The number of halogens is 1. The van der Waals surface area contributed by atoms with Crippen molar-refractivity contribution in [2.24, 2.45) is 0 Å². The van der Waals surface area contributed by atoms with Crippen LogP contribution in [0.2, 0.25) is 0 Å². The molecule has 0 radical (unpaired) electrons. The van der Waals surface area contributed by atoms with Crippen LogP contribution in [-0.4, -0.2) is 22.1 Å². The molecule has 0 N–H and O–H groups in total. The molecule has 0 aliphatic carbocycles. The number of hydrogen-bond donors (Lipinski definition) is 0. The van der Waals surface area contributed by atoms with E-state index in [0.29, 0.717) is 18.0 Å². The van der Waals surface area contributed by atoms with Gasteiger partial charge in [-0.3, -0.25) is 9.36 Å². The van der Waals surface area contributed by atoms with E-state index in [4.69, 9.17) is 4.74 Å². The Morgan fingerprint density at radius 3 is 2.69 bits per heavy atom. The highest BCUT2D eigenvalue weighted by Crippen LogP contribution is 2.16. The molecule has 0 saturated carbocycles. The van der Waals surface area contributed by atoms with Gasteiger partial charge in [-0.25, -0.2) is 4.79 Å². The van der Waals surface area contributed by atoms with Crippen LogP contribution in [0.1, 0.15) is 18.3 Å². The topological polar surface area (TPSA) is 61.2 Å². The van der Waals surface area contributed by atoms with E-state index in [-0.39, 0.29) is 6.54 Å². The van der Waals surface area contributed by atoms with Crippen LogP contribution in [-0.2, 0) is 16.1 Å². The lowest BCUT2D eigenvalue weighted by Gasteiger charge is -2.11. The first-order valence-corrected chi connectivity index (χ1v) is 5.65. The zero-order valence-electron chi connectivity index (χ0n) is 9.41. The summed E-state index contributed by atoms with van der Waals surface area (Å²) < 4.78 is 6.80. The van der Waals surface area contributed by atoms with Crippen molar-refractivity contribution in [3.05, 3.63) is 26.3 Å². The highest BCUT2D eigenvalue weighted by molar-refractivity contribution is 9.10. The molecular weight excluding hydrogens is 276 g/mol. The molecule has 1 aromatic heterocycles. The molecule has 0 saturated heterocycles. The second-order valence-corrected chi connectivity index (χ2v) is 4.06. The number of esters is 1. The number of hydrogen-bond acceptors (Lipinski definition) is 4. The Bertz CT molecular complexity index is 468. The van der Waals surface area contributed by atoms with E-state index in [0.717, 1.165) is 4.47 Å². The zero-order valence-corrected chi connectivity index (χ0v) is 11.0. The van der Waals surface area contributed by atoms with Crippen molar-refractivity contribution >= 4 is 21.9 Å². The van der Waals surface area contributed by atoms with Gasteiger partial charge in [0.2, 0.25) is 0 Å². The van der Waals surface area contributed by atoms with E-state index < -0.39 is 11.7 Å². The Labute approximate surface area is 102 Å². The molecule has 1 rings (SSSR count). The fraction of sp³-hybridized carbons (Fsp3) is 0.500. The lowest BCUT2D eigenvalue weighted by atomic mass is 10.3. The molecule has 0 fully saturated rings. The van der Waals surface area contributed by atoms with E-state index in [1.54, 1.807) is 20.8 Å². The Hall–Kier alpha value is -1.17. The van der Waals surface area contributed by atoms with Gasteiger partial charge in [-0.15, -0.1) is 0 Å². The van der Waals surface area contributed by atoms with E-state index in [1.165, 1.54) is 4.57 Å². The monoisotopic (exact) mass is 288 g/mol. The summed E-state index contributed by atoms with van der Waals surface area (Å²) in [7, 11) is 0. The Kier molecular flexibility index (Phi) is 4.23. The molecule has 88 valence electrons. The lowest BCUT2D eigenvalue weighted by Crippen LogP contribution is -2.30. The van der Waals surface area contributed by atoms with Gasteiger partial charge < -0.3 is 4.74 Å². The summed E-state index contributed by atoms with van der Waals surface area (Å²) in [6, 6.07) is 0. The summed E-state index contributed by atoms with van der Waals surface area (Å²) in [6.07, 6.45) is 0. The molecule has 0 aromatic carbocycles. The first kappa shape index (κ1) is 12.9. The summed E-state index contributed by atoms with van der Waals surface area (Å²) >= 11 is 3.32. The zero-order chi connectivity index (χ0) is 12.3. The molecule has 5 nitrogen and oxygen atoms in total. The van der Waals surface area contributed by atoms with Crippen molar-refractivity contribution in [3.8, 4) is 0 Å². The second kappa shape index (κ2) is 5.25. The Morgan fingerprint density at radius 2 is 2.12 bits per heavy atom. The van der Waals surface area contributed by atoms with Gasteiger partial charge in [-0.1, -0.05) is 0 Å². The number of carbonyl (C=O) groups is 1. The van der Waals surface area contributed by atoms with Gasteiger partial charge >= 0.3 is 11.7 Å². The van der Waals surface area contributed by atoms with Gasteiger partial charge in [0.05, 0.1) is 16.8 Å². The van der Waals surface area contributed by atoms with Crippen LogP contribution in [0.25, 0.3) is 0 Å². The van der Waals surface area contributed by atoms with E-state index >= 15 is 0 Å². The molecule has 0 bridgehead atoms. The van der Waals surface area contributed by atoms with Crippen molar-refractivity contribution in [3.63, 3.8) is 0 Å². The third-order valence-electron chi connectivity index (χ3n) is 2.13. The summed E-state index contributed by atoms with van der Waals surface area (Å²) in [4.78, 5) is 26.7. The summed E-state index contributed by atoms with van der Waals surface area (Å²) in [5.41, 5.74) is 0.847. The van der Waals surface area contributed by atoms with Crippen molar-refractivity contribution in [1.29, 1.82) is 0 Å². The molecule has 1 aromatic rings. The maximum absolute atomic E-state index is 11.6. The maximum Gasteiger partial charge on any atom is 0.348 e. The summed E-state index contributed by atoms with van der Waals surface area (Å²) in [5, 5.41) is 0. The minimum atomic E-state index is -0.440. The summed E-state index contributed by atoms with van der Waals surface area (Å²) in [6.45, 7) is 5.39. The predicted octanol–water partition coefficient (Wildman–Crippen LogP) is 1.19. The predicted molar refractivity (Wildman–Crippen MR) is 62.3 cm³/mol. The van der Waals surface area contributed by atoms with Crippen LogP contribution in [0.5, 0.6) is 0 Å². The highest BCUT2D eigenvalue weighted by Gasteiger charge is 2.12. The number of aromatic nitrogens is 2. The van der Waals surface area contributed by atoms with Crippen LogP contribution < -0.4 is 5.69 Å². The van der Waals surface area contributed by atoms with Gasteiger partial charge in [0.25, 0.3) is 0 Å². The smallest absolute Gasteiger partial charge is 0.348 e. The Balaban J connectivity index is 3.10. The van der Waals surface area contributed by atoms with Gasteiger partial charge in [0.15, 0.2) is 0 Å². The molecule has 0 unspecified atom stereocenters. The fourth-order valence-electron chi connectivity index (χ4n) is 1.30. The number of nitrogens with zero attached hydrogens (tertiary/aromatic N) is 2. The van der Waals surface area contributed by atoms with Gasteiger partial charge in [0, 0.05) is 5.69 Å². The van der Waals surface area contributed by atoms with Gasteiger partial charge in [-0.2, -0.15) is 4.98 Å². The highest BCUT2D eigenvalue weighted by atomic mass is 79.9. The normalized spacial score (nSPS) is 10.2. The molecule has 0 atom stereocenters. The number of ether oxygens (including phenoxy) is 1. The largest absolute Gasteiger partial charge is 0.465 e. The molecule has 1 heterocycles. The first-order valence-electron chi connectivity index (χ1n) is 4.86. The molecule has 6 heteroatoms. The number of rotatable bonds is 3. The van der Waals surface area contributed by atoms with Crippen molar-refractivity contribution in [2.45, 2.75) is 27.3 Å². The van der Waals surface area contributed by atoms with E-state index in [9.17, 15) is 9.59 Å².